The third kappa shape index (κ3) is 4.47. The highest BCUT2D eigenvalue weighted by Crippen LogP contribution is 2.25. The van der Waals surface area contributed by atoms with E-state index in [4.69, 9.17) is 10.9 Å². The van der Waals surface area contributed by atoms with E-state index in [-0.39, 0.29) is 12.3 Å². The molecule has 0 aliphatic rings. The summed E-state index contributed by atoms with van der Waals surface area (Å²) in [6, 6.07) is 4.85. The Hall–Kier alpha value is -1.70. The van der Waals surface area contributed by atoms with E-state index < -0.39 is 4.92 Å². The summed E-state index contributed by atoms with van der Waals surface area (Å²) in [5.41, 5.74) is 3.56. The molecule has 1 aromatic rings. The van der Waals surface area contributed by atoms with Crippen LogP contribution in [0.3, 0.4) is 0 Å². The lowest BCUT2D eigenvalue weighted by Gasteiger charge is -2.20. The van der Waals surface area contributed by atoms with Gasteiger partial charge in [0, 0.05) is 25.8 Å². The molecule has 0 fully saturated rings. The van der Waals surface area contributed by atoms with Crippen LogP contribution in [0.1, 0.15) is 18.9 Å². The third-order valence-electron chi connectivity index (χ3n) is 2.90. The van der Waals surface area contributed by atoms with Crippen molar-refractivity contribution in [2.75, 3.05) is 25.1 Å². The van der Waals surface area contributed by atoms with Crippen molar-refractivity contribution in [2.24, 2.45) is 5.84 Å². The molecule has 7 nitrogen and oxygen atoms in total. The molecule has 1 aromatic carbocycles. The molecule has 19 heavy (non-hydrogen) atoms. The van der Waals surface area contributed by atoms with Crippen molar-refractivity contribution in [2.45, 2.75) is 19.9 Å². The lowest BCUT2D eigenvalue weighted by Crippen LogP contribution is -2.24. The van der Waals surface area contributed by atoms with E-state index in [2.05, 4.69) is 10.3 Å². The van der Waals surface area contributed by atoms with Crippen LogP contribution in [0, 0.1) is 10.1 Å². The van der Waals surface area contributed by atoms with Crippen LogP contribution in [0.15, 0.2) is 18.2 Å². The molecule has 0 saturated heterocycles. The maximum atomic E-state index is 10.8. The smallest absolute Gasteiger partial charge is 0.293 e. The van der Waals surface area contributed by atoms with E-state index in [0.29, 0.717) is 18.7 Å². The quantitative estimate of drug-likeness (QED) is 0.370. The molecule has 4 N–H and O–H groups in total. The van der Waals surface area contributed by atoms with Crippen molar-refractivity contribution in [3.8, 4) is 0 Å². The van der Waals surface area contributed by atoms with Gasteiger partial charge in [0.2, 0.25) is 0 Å². The van der Waals surface area contributed by atoms with E-state index in [1.807, 2.05) is 6.92 Å². The molecule has 7 heteroatoms. The van der Waals surface area contributed by atoms with Crippen molar-refractivity contribution < 1.29 is 10.0 Å². The zero-order valence-electron chi connectivity index (χ0n) is 11.0. The van der Waals surface area contributed by atoms with Crippen LogP contribution in [-0.2, 0) is 6.54 Å². The molecule has 0 aliphatic heterocycles. The van der Waals surface area contributed by atoms with Crippen molar-refractivity contribution in [1.29, 1.82) is 0 Å². The molecule has 0 aromatic heterocycles. The Morgan fingerprint density at radius 2 is 2.26 bits per heavy atom. The summed E-state index contributed by atoms with van der Waals surface area (Å²) in [6.07, 6.45) is 0.711. The highest BCUT2D eigenvalue weighted by atomic mass is 16.6. The average molecular weight is 268 g/mol. The van der Waals surface area contributed by atoms with Crippen LogP contribution in [0.4, 0.5) is 11.4 Å². The van der Waals surface area contributed by atoms with Crippen molar-refractivity contribution in [3.63, 3.8) is 0 Å². The number of nitrogens with two attached hydrogens (primary N) is 1. The summed E-state index contributed by atoms with van der Waals surface area (Å²) in [7, 11) is 0. The number of rotatable bonds is 8. The second kappa shape index (κ2) is 7.67. The van der Waals surface area contributed by atoms with Crippen molar-refractivity contribution in [3.05, 3.63) is 33.9 Å². The normalized spacial score (nSPS) is 10.7. The van der Waals surface area contributed by atoms with Gasteiger partial charge >= 0.3 is 0 Å². The Labute approximate surface area is 112 Å². The van der Waals surface area contributed by atoms with Gasteiger partial charge in [-0.3, -0.25) is 20.9 Å². The zero-order chi connectivity index (χ0) is 14.3. The summed E-state index contributed by atoms with van der Waals surface area (Å²) in [5.74, 6) is 5.30. The average Bonchev–Trinajstić information content (AvgIpc) is 2.42. The standard InChI is InChI=1S/C12H20N4O3/c1-2-15(6-3-7-17)9-10-4-5-12(16(18)19)11(8-10)14-13/h4-5,8,14,17H,2-3,6-7,9,13H2,1H3. The maximum absolute atomic E-state index is 10.8. The van der Waals surface area contributed by atoms with Crippen molar-refractivity contribution in [1.82, 2.24) is 4.90 Å². The molecule has 1 rings (SSSR count). The predicted octanol–water partition coefficient (Wildman–Crippen LogP) is 1.08. The van der Waals surface area contributed by atoms with Crippen LogP contribution >= 0.6 is 0 Å². The second-order valence-electron chi connectivity index (χ2n) is 4.20. The highest BCUT2D eigenvalue weighted by molar-refractivity contribution is 5.62. The molecule has 0 atom stereocenters. The van der Waals surface area contributed by atoms with Crippen molar-refractivity contribution >= 4 is 11.4 Å². The fraction of sp³-hybridized carbons (Fsp3) is 0.500. The maximum Gasteiger partial charge on any atom is 0.293 e. The number of hydrogen-bond acceptors (Lipinski definition) is 6. The van der Waals surface area contributed by atoms with E-state index in [9.17, 15) is 10.1 Å². The first-order chi connectivity index (χ1) is 9.12. The van der Waals surface area contributed by atoms with Gasteiger partial charge in [-0.1, -0.05) is 13.0 Å². The number of nitrogens with zero attached hydrogens (tertiary/aromatic N) is 2. The van der Waals surface area contributed by atoms with E-state index in [1.165, 1.54) is 6.07 Å². The molecule has 0 aliphatic carbocycles. The highest BCUT2D eigenvalue weighted by Gasteiger charge is 2.14. The van der Waals surface area contributed by atoms with Gasteiger partial charge in [-0.2, -0.15) is 0 Å². The first kappa shape index (κ1) is 15.4. The number of aliphatic hydroxyl groups is 1. The van der Waals surface area contributed by atoms with E-state index in [0.717, 1.165) is 18.7 Å². The SMILES string of the molecule is CCN(CCCO)Cc1ccc([N+](=O)[O-])c(NN)c1. The van der Waals surface area contributed by atoms with Gasteiger partial charge in [0.15, 0.2) is 0 Å². The summed E-state index contributed by atoms with van der Waals surface area (Å²) in [4.78, 5) is 12.5. The molecule has 106 valence electrons. The fourth-order valence-corrected chi connectivity index (χ4v) is 1.86. The Balaban J connectivity index is 2.81. The molecular weight excluding hydrogens is 248 g/mol. The van der Waals surface area contributed by atoms with Gasteiger partial charge in [0.05, 0.1) is 4.92 Å². The van der Waals surface area contributed by atoms with Gasteiger partial charge in [0.1, 0.15) is 5.69 Å². The van der Waals surface area contributed by atoms with Gasteiger partial charge in [-0.05, 0) is 24.6 Å². The van der Waals surface area contributed by atoms with Gasteiger partial charge in [0.25, 0.3) is 5.69 Å². The first-order valence-corrected chi connectivity index (χ1v) is 6.19. The number of nitrogen functional groups attached to an aromatic ring is 1. The number of anilines is 1. The Bertz CT molecular complexity index is 425. The van der Waals surface area contributed by atoms with Crippen LogP contribution in [0.5, 0.6) is 0 Å². The molecule has 0 unspecified atom stereocenters. The molecule has 0 radical (unpaired) electrons. The molecule has 0 amide bonds. The number of nitro groups is 1. The largest absolute Gasteiger partial charge is 0.396 e. The number of hydrogen-bond donors (Lipinski definition) is 3. The molecule has 0 saturated carbocycles. The number of benzene rings is 1. The van der Waals surface area contributed by atoms with E-state index in [1.54, 1.807) is 12.1 Å². The van der Waals surface area contributed by atoms with Crippen LogP contribution in [0.2, 0.25) is 0 Å². The molecular formula is C12H20N4O3. The van der Waals surface area contributed by atoms with Gasteiger partial charge < -0.3 is 10.5 Å². The summed E-state index contributed by atoms with van der Waals surface area (Å²) in [5, 5.41) is 19.6. The minimum atomic E-state index is -0.470. The van der Waals surface area contributed by atoms with Crippen LogP contribution < -0.4 is 11.3 Å². The lowest BCUT2D eigenvalue weighted by molar-refractivity contribution is -0.384. The molecule has 0 spiro atoms. The summed E-state index contributed by atoms with van der Waals surface area (Å²) >= 11 is 0. The number of nitro benzene ring substituents is 1. The predicted molar refractivity (Wildman–Crippen MR) is 73.6 cm³/mol. The zero-order valence-corrected chi connectivity index (χ0v) is 11.0. The second-order valence-corrected chi connectivity index (χ2v) is 4.20. The number of aliphatic hydroxyl groups excluding tert-OH is 1. The molecule has 0 bridgehead atoms. The number of hydrazine groups is 1. The van der Waals surface area contributed by atoms with Crippen LogP contribution in [0.25, 0.3) is 0 Å². The van der Waals surface area contributed by atoms with Crippen LogP contribution in [-0.4, -0.2) is 34.6 Å². The summed E-state index contributed by atoms with van der Waals surface area (Å²) in [6.45, 7) is 4.50. The van der Waals surface area contributed by atoms with Gasteiger partial charge in [-0.25, -0.2) is 0 Å². The lowest BCUT2D eigenvalue weighted by atomic mass is 10.1. The minimum Gasteiger partial charge on any atom is -0.396 e. The monoisotopic (exact) mass is 268 g/mol. The topological polar surface area (TPSA) is 105 Å². The number of nitrogens with one attached hydrogen (secondary N) is 1. The fourth-order valence-electron chi connectivity index (χ4n) is 1.86. The Morgan fingerprint density at radius 3 is 2.79 bits per heavy atom. The molecule has 0 heterocycles. The first-order valence-electron chi connectivity index (χ1n) is 6.19. The Kier molecular flexibility index (Phi) is 6.20. The van der Waals surface area contributed by atoms with E-state index >= 15 is 0 Å². The third-order valence-corrected chi connectivity index (χ3v) is 2.90. The minimum absolute atomic E-state index is 0.0374. The summed E-state index contributed by atoms with van der Waals surface area (Å²) < 4.78 is 0. The Morgan fingerprint density at radius 1 is 1.53 bits per heavy atom. The van der Waals surface area contributed by atoms with Gasteiger partial charge in [-0.15, -0.1) is 0 Å².